The zero-order chi connectivity index (χ0) is 20.3. The maximum atomic E-state index is 12.9. The molecule has 2 aromatic carbocycles. The smallest absolute Gasteiger partial charge is 0.259 e. The first kappa shape index (κ1) is 21.0. The Morgan fingerprint density at radius 3 is 2.36 bits per heavy atom. The van der Waals surface area contributed by atoms with Crippen molar-refractivity contribution >= 4 is 85.2 Å². The van der Waals surface area contributed by atoms with Gasteiger partial charge in [-0.2, -0.15) is 0 Å². The average Bonchev–Trinajstić information content (AvgIpc) is 3.01. The molecule has 0 aliphatic heterocycles. The lowest BCUT2D eigenvalue weighted by Gasteiger charge is -2.13. The number of hydrogen-bond donors (Lipinski definition) is 2. The molecule has 0 saturated carbocycles. The Labute approximate surface area is 189 Å². The average molecular weight is 514 g/mol. The highest BCUT2D eigenvalue weighted by Gasteiger charge is 2.18. The second-order valence-corrected chi connectivity index (χ2v) is 9.14. The zero-order valence-electron chi connectivity index (χ0n) is 14.0. The fraction of sp³-hybridized carbons (Fsp3) is 0. The number of thiophene rings is 1. The summed E-state index contributed by atoms with van der Waals surface area (Å²) in [4.78, 5) is 25.2. The molecular weight excluding hydrogens is 503 g/mol. The zero-order valence-corrected chi connectivity index (χ0v) is 18.7. The maximum absolute atomic E-state index is 12.9. The number of carbonyl (C=O) groups is 2. The first-order valence-electron chi connectivity index (χ1n) is 7.81. The molecule has 9 heteroatoms. The molecule has 28 heavy (non-hydrogen) atoms. The summed E-state index contributed by atoms with van der Waals surface area (Å²) >= 11 is 21.5. The molecule has 1 amide bonds. The molecule has 4 nitrogen and oxygen atoms in total. The Bertz CT molecular complexity index is 1070. The Kier molecular flexibility index (Phi) is 6.85. The third kappa shape index (κ3) is 4.98. The van der Waals surface area contributed by atoms with E-state index in [2.05, 4.69) is 26.6 Å². The van der Waals surface area contributed by atoms with E-state index in [-0.39, 0.29) is 20.8 Å². The molecule has 3 rings (SSSR count). The van der Waals surface area contributed by atoms with Crippen molar-refractivity contribution in [3.63, 3.8) is 0 Å². The van der Waals surface area contributed by atoms with Crippen molar-refractivity contribution in [1.82, 2.24) is 5.32 Å². The van der Waals surface area contributed by atoms with Crippen molar-refractivity contribution in [2.45, 2.75) is 0 Å². The first-order valence-corrected chi connectivity index (χ1v) is 10.6. The molecule has 0 aliphatic rings. The van der Waals surface area contributed by atoms with Crippen LogP contribution in [-0.2, 0) is 0 Å². The number of thiocarbonyl (C=S) groups is 1. The minimum absolute atomic E-state index is 0.0350. The molecule has 0 spiro atoms. The molecule has 0 fully saturated rings. The molecule has 1 aromatic heterocycles. The van der Waals surface area contributed by atoms with Crippen molar-refractivity contribution in [3.8, 4) is 0 Å². The lowest BCUT2D eigenvalue weighted by molar-refractivity contribution is 0.0977. The van der Waals surface area contributed by atoms with Gasteiger partial charge in [0.05, 0.1) is 15.6 Å². The van der Waals surface area contributed by atoms with Crippen molar-refractivity contribution in [1.29, 1.82) is 0 Å². The quantitative estimate of drug-likeness (QED) is 0.323. The Morgan fingerprint density at radius 1 is 1.00 bits per heavy atom. The number of rotatable bonds is 4. The largest absolute Gasteiger partial charge is 0.332 e. The summed E-state index contributed by atoms with van der Waals surface area (Å²) in [6, 6.07) is 15.5. The van der Waals surface area contributed by atoms with Crippen LogP contribution in [0.5, 0.6) is 0 Å². The van der Waals surface area contributed by atoms with Crippen molar-refractivity contribution < 1.29 is 9.59 Å². The summed E-state index contributed by atoms with van der Waals surface area (Å²) in [5, 5.41) is 5.48. The van der Waals surface area contributed by atoms with Gasteiger partial charge in [0.2, 0.25) is 0 Å². The van der Waals surface area contributed by atoms with Gasteiger partial charge in [0.15, 0.2) is 10.9 Å². The monoisotopic (exact) mass is 512 g/mol. The van der Waals surface area contributed by atoms with Crippen molar-refractivity contribution in [2.75, 3.05) is 5.32 Å². The fourth-order valence-electron chi connectivity index (χ4n) is 2.38. The van der Waals surface area contributed by atoms with Crippen LogP contribution in [0, 0.1) is 0 Å². The van der Waals surface area contributed by atoms with E-state index in [1.807, 2.05) is 6.07 Å². The van der Waals surface area contributed by atoms with Crippen LogP contribution in [-0.4, -0.2) is 16.8 Å². The van der Waals surface area contributed by atoms with E-state index in [1.54, 1.807) is 42.5 Å². The number of anilines is 1. The van der Waals surface area contributed by atoms with E-state index < -0.39 is 5.91 Å². The van der Waals surface area contributed by atoms with Gasteiger partial charge < -0.3 is 5.32 Å². The second kappa shape index (κ2) is 9.15. The van der Waals surface area contributed by atoms with E-state index in [9.17, 15) is 9.59 Å². The number of nitrogens with one attached hydrogen (secondary N) is 2. The third-order valence-corrected chi connectivity index (χ3v) is 5.82. The van der Waals surface area contributed by atoms with E-state index in [1.165, 1.54) is 6.07 Å². The van der Waals surface area contributed by atoms with Crippen LogP contribution in [0.4, 0.5) is 5.69 Å². The molecule has 1 heterocycles. The summed E-state index contributed by atoms with van der Waals surface area (Å²) in [5.74, 6) is -0.662. The highest BCUT2D eigenvalue weighted by Crippen LogP contribution is 2.31. The van der Waals surface area contributed by atoms with Crippen molar-refractivity contribution in [3.05, 3.63) is 84.4 Å². The van der Waals surface area contributed by atoms with Crippen LogP contribution < -0.4 is 10.6 Å². The second-order valence-electron chi connectivity index (χ2n) is 5.53. The molecule has 142 valence electrons. The minimum atomic E-state index is -0.487. The summed E-state index contributed by atoms with van der Waals surface area (Å²) in [6.45, 7) is 0. The first-order chi connectivity index (χ1) is 13.3. The predicted octanol–water partition coefficient (Wildman–Crippen LogP) is 6.18. The number of halogens is 3. The van der Waals surface area contributed by atoms with E-state index >= 15 is 0 Å². The van der Waals surface area contributed by atoms with Crippen LogP contribution in [0.25, 0.3) is 0 Å². The molecule has 0 aliphatic carbocycles. The Hall–Kier alpha value is -1.77. The van der Waals surface area contributed by atoms with Crippen LogP contribution in [0.2, 0.25) is 8.67 Å². The van der Waals surface area contributed by atoms with E-state index in [4.69, 9.17) is 35.4 Å². The molecule has 0 atom stereocenters. The topological polar surface area (TPSA) is 58.2 Å². The van der Waals surface area contributed by atoms with E-state index in [0.717, 1.165) is 15.8 Å². The van der Waals surface area contributed by atoms with Gasteiger partial charge in [-0.05, 0) is 36.5 Å². The van der Waals surface area contributed by atoms with Crippen LogP contribution in [0.15, 0.2) is 59.1 Å². The Balaban J connectivity index is 1.80. The third-order valence-electron chi connectivity index (χ3n) is 3.64. The fourth-order valence-corrected chi connectivity index (χ4v) is 4.40. The number of hydrogen-bond acceptors (Lipinski definition) is 4. The molecule has 0 saturated heterocycles. The number of benzene rings is 2. The minimum Gasteiger partial charge on any atom is -0.332 e. The SMILES string of the molecule is O=C(c1ccccc1)c1cc(Br)ccc1NC(=S)NC(=O)c1cc(Cl)sc1Cl. The lowest BCUT2D eigenvalue weighted by atomic mass is 10.0. The number of ketones is 1. The van der Waals surface area contributed by atoms with Gasteiger partial charge in [-0.1, -0.05) is 69.5 Å². The van der Waals surface area contributed by atoms with Gasteiger partial charge in [-0.25, -0.2) is 0 Å². The van der Waals surface area contributed by atoms with Crippen molar-refractivity contribution in [2.24, 2.45) is 0 Å². The van der Waals surface area contributed by atoms with Gasteiger partial charge in [0.1, 0.15) is 4.34 Å². The van der Waals surface area contributed by atoms with Crippen LogP contribution in [0.1, 0.15) is 26.3 Å². The predicted molar refractivity (Wildman–Crippen MR) is 122 cm³/mol. The number of carbonyl (C=O) groups excluding carboxylic acids is 2. The Morgan fingerprint density at radius 2 is 1.71 bits per heavy atom. The van der Waals surface area contributed by atoms with Gasteiger partial charge in [0, 0.05) is 15.6 Å². The summed E-state index contributed by atoms with van der Waals surface area (Å²) < 4.78 is 1.42. The van der Waals surface area contributed by atoms with Gasteiger partial charge >= 0.3 is 0 Å². The normalized spacial score (nSPS) is 10.4. The molecule has 3 aromatic rings. The number of amides is 1. The summed E-state index contributed by atoms with van der Waals surface area (Å²) in [6.07, 6.45) is 0. The molecule has 0 radical (unpaired) electrons. The lowest BCUT2D eigenvalue weighted by Crippen LogP contribution is -2.34. The summed E-state index contributed by atoms with van der Waals surface area (Å²) in [7, 11) is 0. The summed E-state index contributed by atoms with van der Waals surface area (Å²) in [5.41, 5.74) is 1.65. The molecule has 0 unspecified atom stereocenters. The van der Waals surface area contributed by atoms with Gasteiger partial charge in [-0.15, -0.1) is 11.3 Å². The standard InChI is InChI=1S/C19H11BrCl2N2O2S2/c20-11-6-7-14(12(8-11)16(25)10-4-2-1-3-5-10)23-19(27)24-18(26)13-9-15(21)28-17(13)22/h1-9H,(H2,23,24,26,27). The molecular formula is C19H11BrCl2N2O2S2. The van der Waals surface area contributed by atoms with Crippen LogP contribution >= 0.6 is 62.7 Å². The van der Waals surface area contributed by atoms with Crippen LogP contribution in [0.3, 0.4) is 0 Å². The van der Waals surface area contributed by atoms with Gasteiger partial charge in [0.25, 0.3) is 5.91 Å². The molecule has 2 N–H and O–H groups in total. The van der Waals surface area contributed by atoms with E-state index in [0.29, 0.717) is 21.2 Å². The highest BCUT2D eigenvalue weighted by atomic mass is 79.9. The maximum Gasteiger partial charge on any atom is 0.259 e. The molecule has 0 bridgehead atoms. The highest BCUT2D eigenvalue weighted by molar-refractivity contribution is 9.10. The van der Waals surface area contributed by atoms with Gasteiger partial charge in [-0.3, -0.25) is 14.9 Å².